The zero-order valence-electron chi connectivity index (χ0n) is 15.5. The van der Waals surface area contributed by atoms with Gasteiger partial charge in [0.15, 0.2) is 0 Å². The fourth-order valence-electron chi connectivity index (χ4n) is 2.50. The molecule has 0 aliphatic carbocycles. The Bertz CT molecular complexity index is 751. The molecule has 0 atom stereocenters. The molecule has 7 nitrogen and oxygen atoms in total. The summed E-state index contributed by atoms with van der Waals surface area (Å²) in [5.41, 5.74) is 1.40. The summed E-state index contributed by atoms with van der Waals surface area (Å²) in [6.45, 7) is 6.12. The maximum absolute atomic E-state index is 12.1. The molecule has 0 aliphatic rings. The number of unbranched alkanes of at least 4 members (excludes halogenated alkanes) is 3. The maximum Gasteiger partial charge on any atom is 0.312 e. The number of aromatic nitrogens is 2. The number of nitro groups is 1. The first-order valence-corrected chi connectivity index (χ1v) is 8.97. The van der Waals surface area contributed by atoms with Crippen LogP contribution in [0.15, 0.2) is 30.3 Å². The molecule has 0 fully saturated rings. The number of esters is 1. The van der Waals surface area contributed by atoms with Crippen LogP contribution in [-0.2, 0) is 4.79 Å². The smallest absolute Gasteiger partial charge is 0.312 e. The number of hydrogen-bond acceptors (Lipinski definition) is 5. The average Bonchev–Trinajstić information content (AvgIpc) is 3.03. The fraction of sp³-hybridized carbons (Fsp3) is 0.474. The van der Waals surface area contributed by atoms with Crippen molar-refractivity contribution in [2.45, 2.75) is 58.8 Å². The van der Waals surface area contributed by atoms with Crippen molar-refractivity contribution < 1.29 is 14.5 Å². The van der Waals surface area contributed by atoms with Crippen molar-refractivity contribution in [1.29, 1.82) is 0 Å². The number of nitrogens with zero attached hydrogens (tertiary/aromatic N) is 3. The van der Waals surface area contributed by atoms with E-state index in [4.69, 9.17) is 4.74 Å². The molecule has 0 N–H and O–H groups in total. The van der Waals surface area contributed by atoms with Crippen molar-refractivity contribution in [3.8, 4) is 11.6 Å². The van der Waals surface area contributed by atoms with E-state index in [9.17, 15) is 14.9 Å². The largest absolute Gasteiger partial charge is 0.407 e. The van der Waals surface area contributed by atoms with E-state index in [2.05, 4.69) is 12.0 Å². The summed E-state index contributed by atoms with van der Waals surface area (Å²) in [6, 6.07) is 7.74. The van der Waals surface area contributed by atoms with Gasteiger partial charge in [0.25, 0.3) is 5.69 Å². The lowest BCUT2D eigenvalue weighted by Gasteiger charge is -2.08. The van der Waals surface area contributed by atoms with Gasteiger partial charge in [0, 0.05) is 24.6 Å². The van der Waals surface area contributed by atoms with E-state index in [-0.39, 0.29) is 17.6 Å². The molecule has 0 radical (unpaired) electrons. The van der Waals surface area contributed by atoms with Crippen LogP contribution in [-0.4, -0.2) is 20.7 Å². The summed E-state index contributed by atoms with van der Waals surface area (Å²) in [5, 5.41) is 15.3. The average molecular weight is 359 g/mol. The van der Waals surface area contributed by atoms with Crippen molar-refractivity contribution in [2.75, 3.05) is 0 Å². The minimum Gasteiger partial charge on any atom is -0.407 e. The Morgan fingerprint density at radius 2 is 1.92 bits per heavy atom. The van der Waals surface area contributed by atoms with E-state index in [1.165, 1.54) is 16.8 Å². The van der Waals surface area contributed by atoms with E-state index in [0.29, 0.717) is 18.0 Å². The van der Waals surface area contributed by atoms with Crippen molar-refractivity contribution in [3.05, 3.63) is 46.1 Å². The highest BCUT2D eigenvalue weighted by Crippen LogP contribution is 2.25. The third-order valence-electron chi connectivity index (χ3n) is 4.05. The number of carbonyl (C=O) groups excluding carboxylic acids is 1. The standard InChI is InChI=1S/C19H25N3O4/c1-4-5-6-7-8-19(23)26-18-13-17(14(2)3)20-21(18)15-9-11-16(12-10-15)22(24)25/h9-14H,4-8H2,1-3H3. The molecule has 1 aromatic heterocycles. The highest BCUT2D eigenvalue weighted by atomic mass is 16.6. The first-order valence-electron chi connectivity index (χ1n) is 8.97. The number of non-ortho nitro benzene ring substituents is 1. The Kier molecular flexibility index (Phi) is 6.89. The number of carbonyl (C=O) groups is 1. The Hall–Kier alpha value is -2.70. The van der Waals surface area contributed by atoms with Crippen LogP contribution in [0.5, 0.6) is 5.88 Å². The van der Waals surface area contributed by atoms with Crippen molar-refractivity contribution in [3.63, 3.8) is 0 Å². The second-order valence-corrected chi connectivity index (χ2v) is 6.53. The molecule has 0 amide bonds. The van der Waals surface area contributed by atoms with Crippen molar-refractivity contribution >= 4 is 11.7 Å². The number of benzene rings is 1. The molecule has 140 valence electrons. The van der Waals surface area contributed by atoms with Gasteiger partial charge in [0.1, 0.15) is 0 Å². The molecule has 0 bridgehead atoms. The third-order valence-corrected chi connectivity index (χ3v) is 4.05. The minimum atomic E-state index is -0.455. The summed E-state index contributed by atoms with van der Waals surface area (Å²) < 4.78 is 7.03. The predicted octanol–water partition coefficient (Wildman–Crippen LogP) is 4.78. The zero-order chi connectivity index (χ0) is 19.1. The first kappa shape index (κ1) is 19.6. The van der Waals surface area contributed by atoms with Gasteiger partial charge >= 0.3 is 5.97 Å². The molecule has 26 heavy (non-hydrogen) atoms. The van der Waals surface area contributed by atoms with Gasteiger partial charge in [-0.2, -0.15) is 5.10 Å². The van der Waals surface area contributed by atoms with Crippen LogP contribution in [0.1, 0.15) is 64.5 Å². The van der Waals surface area contributed by atoms with Gasteiger partial charge in [-0.1, -0.05) is 40.0 Å². The second kappa shape index (κ2) is 9.12. The fourth-order valence-corrected chi connectivity index (χ4v) is 2.50. The number of ether oxygens (including phenoxy) is 1. The van der Waals surface area contributed by atoms with E-state index in [1.807, 2.05) is 13.8 Å². The van der Waals surface area contributed by atoms with E-state index in [1.54, 1.807) is 18.2 Å². The molecular weight excluding hydrogens is 334 g/mol. The summed E-state index contributed by atoms with van der Waals surface area (Å²) in [5.74, 6) is 0.207. The summed E-state index contributed by atoms with van der Waals surface area (Å²) in [7, 11) is 0. The minimum absolute atomic E-state index is 0.000502. The van der Waals surface area contributed by atoms with E-state index >= 15 is 0 Å². The lowest BCUT2D eigenvalue weighted by atomic mass is 10.1. The lowest BCUT2D eigenvalue weighted by Crippen LogP contribution is -2.11. The van der Waals surface area contributed by atoms with Gasteiger partial charge in [-0.15, -0.1) is 0 Å². The highest BCUT2D eigenvalue weighted by Gasteiger charge is 2.17. The van der Waals surface area contributed by atoms with Crippen LogP contribution in [0.2, 0.25) is 0 Å². The Balaban J connectivity index is 2.19. The van der Waals surface area contributed by atoms with Gasteiger partial charge in [-0.3, -0.25) is 14.9 Å². The van der Waals surface area contributed by atoms with Crippen molar-refractivity contribution in [2.24, 2.45) is 0 Å². The molecule has 0 saturated carbocycles. The van der Waals surface area contributed by atoms with Crippen molar-refractivity contribution in [1.82, 2.24) is 9.78 Å². The quantitative estimate of drug-likeness (QED) is 0.278. The molecular formula is C19H25N3O4. The topological polar surface area (TPSA) is 87.3 Å². The lowest BCUT2D eigenvalue weighted by molar-refractivity contribution is -0.384. The molecule has 0 unspecified atom stereocenters. The van der Waals surface area contributed by atoms with Gasteiger partial charge in [-0.05, 0) is 24.5 Å². The Morgan fingerprint density at radius 1 is 1.23 bits per heavy atom. The molecule has 7 heteroatoms. The normalized spacial score (nSPS) is 10.9. The molecule has 0 aliphatic heterocycles. The summed E-state index contributed by atoms with van der Waals surface area (Å²) in [6.07, 6.45) is 4.38. The van der Waals surface area contributed by atoms with Crippen LogP contribution >= 0.6 is 0 Å². The van der Waals surface area contributed by atoms with Crippen LogP contribution in [0, 0.1) is 10.1 Å². The Labute approximate surface area is 153 Å². The second-order valence-electron chi connectivity index (χ2n) is 6.53. The number of nitro benzene ring substituents is 1. The van der Waals surface area contributed by atoms with Crippen LogP contribution < -0.4 is 4.74 Å². The van der Waals surface area contributed by atoms with E-state index < -0.39 is 4.92 Å². The molecule has 2 aromatic rings. The van der Waals surface area contributed by atoms with Crippen LogP contribution in [0.25, 0.3) is 5.69 Å². The maximum atomic E-state index is 12.1. The van der Waals surface area contributed by atoms with Gasteiger partial charge in [0.2, 0.25) is 5.88 Å². The molecule has 1 aromatic carbocycles. The number of hydrogen-bond donors (Lipinski definition) is 0. The monoisotopic (exact) mass is 359 g/mol. The van der Waals surface area contributed by atoms with Crippen LogP contribution in [0.4, 0.5) is 5.69 Å². The highest BCUT2D eigenvalue weighted by molar-refractivity contribution is 5.72. The molecule has 2 rings (SSSR count). The van der Waals surface area contributed by atoms with Gasteiger partial charge in [-0.25, -0.2) is 4.68 Å². The first-order chi connectivity index (χ1) is 12.4. The third kappa shape index (κ3) is 5.15. The summed E-state index contributed by atoms with van der Waals surface area (Å²) in [4.78, 5) is 22.5. The zero-order valence-corrected chi connectivity index (χ0v) is 15.5. The van der Waals surface area contributed by atoms with E-state index in [0.717, 1.165) is 31.4 Å². The SMILES string of the molecule is CCCCCCC(=O)Oc1cc(C(C)C)nn1-c1ccc([N+](=O)[O-])cc1. The molecule has 0 saturated heterocycles. The Morgan fingerprint density at radius 3 is 2.50 bits per heavy atom. The predicted molar refractivity (Wildman–Crippen MR) is 98.7 cm³/mol. The molecule has 0 spiro atoms. The summed E-state index contributed by atoms with van der Waals surface area (Å²) >= 11 is 0. The molecule has 1 heterocycles. The number of rotatable bonds is 9. The van der Waals surface area contributed by atoms with Crippen LogP contribution in [0.3, 0.4) is 0 Å². The van der Waals surface area contributed by atoms with Gasteiger partial charge in [0.05, 0.1) is 16.3 Å². The van der Waals surface area contributed by atoms with Gasteiger partial charge < -0.3 is 4.74 Å².